The number of amides is 1. The highest BCUT2D eigenvalue weighted by Gasteiger charge is 2.10. The van der Waals surface area contributed by atoms with Crippen molar-refractivity contribution >= 4 is 11.6 Å². The average molecular weight is 335 g/mol. The lowest BCUT2D eigenvalue weighted by Crippen LogP contribution is -2.12. The van der Waals surface area contributed by atoms with Gasteiger partial charge in [-0.15, -0.1) is 0 Å². The number of anilines is 1. The summed E-state index contributed by atoms with van der Waals surface area (Å²) < 4.78 is 11.1. The molecule has 1 aromatic heterocycles. The molecule has 4 nitrogen and oxygen atoms in total. The Morgan fingerprint density at radius 1 is 1.04 bits per heavy atom. The summed E-state index contributed by atoms with van der Waals surface area (Å²) in [6, 6.07) is 19.4. The zero-order valence-corrected chi connectivity index (χ0v) is 14.4. The van der Waals surface area contributed by atoms with Crippen molar-refractivity contribution < 1.29 is 13.9 Å². The van der Waals surface area contributed by atoms with Gasteiger partial charge in [0, 0.05) is 18.4 Å². The third-order valence-corrected chi connectivity index (χ3v) is 3.98. The Morgan fingerprint density at radius 3 is 2.56 bits per heavy atom. The van der Waals surface area contributed by atoms with E-state index in [4.69, 9.17) is 9.15 Å². The molecule has 25 heavy (non-hydrogen) atoms. The number of benzene rings is 2. The second-order valence-electron chi connectivity index (χ2n) is 5.88. The van der Waals surface area contributed by atoms with E-state index in [0.29, 0.717) is 24.3 Å². The van der Waals surface area contributed by atoms with Crippen molar-refractivity contribution in [2.75, 3.05) is 12.4 Å². The minimum Gasteiger partial charge on any atom is -0.495 e. The number of nitrogens with one attached hydrogen (secondary N) is 1. The average Bonchev–Trinajstić information content (AvgIpc) is 3.10. The molecule has 3 rings (SSSR count). The molecule has 0 saturated heterocycles. The van der Waals surface area contributed by atoms with Crippen LogP contribution in [0.2, 0.25) is 0 Å². The molecule has 4 heteroatoms. The van der Waals surface area contributed by atoms with Crippen molar-refractivity contribution in [1.29, 1.82) is 0 Å². The minimum atomic E-state index is -0.0715. The van der Waals surface area contributed by atoms with Crippen LogP contribution in [-0.4, -0.2) is 13.0 Å². The number of hydrogen-bond acceptors (Lipinski definition) is 3. The first kappa shape index (κ1) is 16.8. The van der Waals surface area contributed by atoms with Gasteiger partial charge in [-0.25, -0.2) is 0 Å². The number of hydrogen-bond donors (Lipinski definition) is 1. The molecule has 0 spiro atoms. The summed E-state index contributed by atoms with van der Waals surface area (Å²) in [4.78, 5) is 12.2. The number of furan rings is 1. The standard InChI is InChI=1S/C21H21NO3/c1-15-7-9-16(10-8-15)19-13-11-17(25-19)12-14-21(23)22-18-5-3-4-6-20(18)24-2/h3-11,13H,12,14H2,1-2H3,(H,22,23). The van der Waals surface area contributed by atoms with Crippen LogP contribution < -0.4 is 10.1 Å². The molecule has 0 radical (unpaired) electrons. The molecule has 0 aliphatic rings. The van der Waals surface area contributed by atoms with Gasteiger partial charge >= 0.3 is 0 Å². The second kappa shape index (κ2) is 7.71. The monoisotopic (exact) mass is 335 g/mol. The van der Waals surface area contributed by atoms with E-state index in [1.54, 1.807) is 7.11 Å². The van der Waals surface area contributed by atoms with Gasteiger partial charge in [-0.3, -0.25) is 4.79 Å². The van der Waals surface area contributed by atoms with Crippen LogP contribution >= 0.6 is 0 Å². The van der Waals surface area contributed by atoms with Crippen molar-refractivity contribution in [2.45, 2.75) is 19.8 Å². The highest BCUT2D eigenvalue weighted by atomic mass is 16.5. The van der Waals surface area contributed by atoms with Gasteiger partial charge in [-0.2, -0.15) is 0 Å². The zero-order valence-electron chi connectivity index (χ0n) is 14.4. The molecule has 0 bridgehead atoms. The van der Waals surface area contributed by atoms with Crippen LogP contribution in [0, 0.1) is 6.92 Å². The fourth-order valence-electron chi connectivity index (χ4n) is 2.58. The molecular formula is C21H21NO3. The topological polar surface area (TPSA) is 51.5 Å². The maximum Gasteiger partial charge on any atom is 0.224 e. The van der Waals surface area contributed by atoms with E-state index in [9.17, 15) is 4.79 Å². The highest BCUT2D eigenvalue weighted by Crippen LogP contribution is 2.25. The molecule has 1 amide bonds. The Morgan fingerprint density at radius 2 is 1.80 bits per heavy atom. The van der Waals surface area contributed by atoms with Gasteiger partial charge in [-0.05, 0) is 31.2 Å². The van der Waals surface area contributed by atoms with Crippen molar-refractivity contribution in [1.82, 2.24) is 0 Å². The molecule has 2 aromatic carbocycles. The van der Waals surface area contributed by atoms with Crippen LogP contribution in [0.5, 0.6) is 5.75 Å². The highest BCUT2D eigenvalue weighted by molar-refractivity contribution is 5.92. The molecule has 0 atom stereocenters. The van der Waals surface area contributed by atoms with Crippen LogP contribution in [0.4, 0.5) is 5.69 Å². The predicted octanol–water partition coefficient (Wildman–Crippen LogP) is 4.83. The van der Waals surface area contributed by atoms with Gasteiger partial charge in [-0.1, -0.05) is 42.0 Å². The van der Waals surface area contributed by atoms with Crippen LogP contribution in [0.3, 0.4) is 0 Å². The number of ether oxygens (including phenoxy) is 1. The summed E-state index contributed by atoms with van der Waals surface area (Å²) in [5.41, 5.74) is 2.92. The second-order valence-corrected chi connectivity index (χ2v) is 5.88. The smallest absolute Gasteiger partial charge is 0.224 e. The summed E-state index contributed by atoms with van der Waals surface area (Å²) in [7, 11) is 1.58. The molecule has 3 aromatic rings. The lowest BCUT2D eigenvalue weighted by Gasteiger charge is -2.09. The van der Waals surface area contributed by atoms with Crippen molar-refractivity contribution in [3.63, 3.8) is 0 Å². The molecular weight excluding hydrogens is 314 g/mol. The van der Waals surface area contributed by atoms with E-state index in [1.165, 1.54) is 5.56 Å². The van der Waals surface area contributed by atoms with Crippen LogP contribution in [0.25, 0.3) is 11.3 Å². The predicted molar refractivity (Wildman–Crippen MR) is 98.8 cm³/mol. The summed E-state index contributed by atoms with van der Waals surface area (Å²) >= 11 is 0. The van der Waals surface area contributed by atoms with Crippen molar-refractivity contribution in [2.24, 2.45) is 0 Å². The molecule has 0 fully saturated rings. The van der Waals surface area contributed by atoms with E-state index in [2.05, 4.69) is 24.4 Å². The number of methoxy groups -OCH3 is 1. The van der Waals surface area contributed by atoms with E-state index >= 15 is 0 Å². The summed E-state index contributed by atoms with van der Waals surface area (Å²) in [6.07, 6.45) is 0.895. The Balaban J connectivity index is 1.58. The van der Waals surface area contributed by atoms with Crippen LogP contribution in [-0.2, 0) is 11.2 Å². The first-order chi connectivity index (χ1) is 12.2. The van der Waals surface area contributed by atoms with Crippen molar-refractivity contribution in [3.05, 3.63) is 72.0 Å². The molecule has 128 valence electrons. The quantitative estimate of drug-likeness (QED) is 0.701. The van der Waals surface area contributed by atoms with Gasteiger partial charge < -0.3 is 14.5 Å². The van der Waals surface area contributed by atoms with E-state index in [1.807, 2.05) is 48.5 Å². The maximum atomic E-state index is 12.2. The molecule has 0 unspecified atom stereocenters. The Kier molecular flexibility index (Phi) is 5.19. The first-order valence-electron chi connectivity index (χ1n) is 8.24. The van der Waals surface area contributed by atoms with Crippen LogP contribution in [0.15, 0.2) is 65.1 Å². The van der Waals surface area contributed by atoms with Gasteiger partial charge in [0.15, 0.2) is 0 Å². The van der Waals surface area contributed by atoms with Crippen molar-refractivity contribution in [3.8, 4) is 17.1 Å². The normalized spacial score (nSPS) is 10.5. The molecule has 0 aliphatic heterocycles. The zero-order chi connectivity index (χ0) is 17.6. The number of rotatable bonds is 6. The number of carbonyl (C=O) groups excluding carboxylic acids is 1. The third-order valence-electron chi connectivity index (χ3n) is 3.98. The number of para-hydroxylation sites is 2. The molecule has 1 N–H and O–H groups in total. The largest absolute Gasteiger partial charge is 0.495 e. The summed E-state index contributed by atoms with van der Waals surface area (Å²) in [5, 5.41) is 2.87. The van der Waals surface area contributed by atoms with E-state index < -0.39 is 0 Å². The minimum absolute atomic E-state index is 0.0715. The molecule has 1 heterocycles. The van der Waals surface area contributed by atoms with Gasteiger partial charge in [0.1, 0.15) is 17.3 Å². The van der Waals surface area contributed by atoms with Gasteiger partial charge in [0.05, 0.1) is 12.8 Å². The van der Waals surface area contributed by atoms with Crippen LogP contribution in [0.1, 0.15) is 17.7 Å². The Bertz CT molecular complexity index is 850. The Labute approximate surface area is 147 Å². The number of aryl methyl sites for hydroxylation is 2. The fraction of sp³-hybridized carbons (Fsp3) is 0.190. The van der Waals surface area contributed by atoms with E-state index in [-0.39, 0.29) is 5.91 Å². The van der Waals surface area contributed by atoms with E-state index in [0.717, 1.165) is 17.1 Å². The third kappa shape index (κ3) is 4.29. The lowest BCUT2D eigenvalue weighted by atomic mass is 10.1. The first-order valence-corrected chi connectivity index (χ1v) is 8.24. The molecule has 0 aliphatic carbocycles. The lowest BCUT2D eigenvalue weighted by molar-refractivity contribution is -0.116. The van der Waals surface area contributed by atoms with Gasteiger partial charge in [0.2, 0.25) is 5.91 Å². The molecule has 0 saturated carbocycles. The summed E-state index contributed by atoms with van der Waals surface area (Å²) in [6.45, 7) is 2.05. The fourth-order valence-corrected chi connectivity index (χ4v) is 2.58. The number of carbonyl (C=O) groups is 1. The Hall–Kier alpha value is -3.01. The summed E-state index contributed by atoms with van der Waals surface area (Å²) in [5.74, 6) is 2.19. The SMILES string of the molecule is COc1ccccc1NC(=O)CCc1ccc(-c2ccc(C)cc2)o1. The maximum absolute atomic E-state index is 12.2. The van der Waals surface area contributed by atoms with Gasteiger partial charge in [0.25, 0.3) is 0 Å².